The van der Waals surface area contributed by atoms with E-state index < -0.39 is 5.97 Å². The number of carboxylic acid groups (broad SMARTS) is 1. The second-order valence-corrected chi connectivity index (χ2v) is 5.12. The standard InChI is InChI=1S/C17H16N2O3/c1-11-6-3-4-9-14(11)22-10-15-18-16(17(20)21)13-8-5-7-12(2)19(13)15/h3-9H,10H2,1-2H3,(H,20,21). The minimum absolute atomic E-state index is 0.0482. The first-order valence-electron chi connectivity index (χ1n) is 6.96. The van der Waals surface area contributed by atoms with Gasteiger partial charge in [0.1, 0.15) is 12.4 Å². The molecule has 0 aliphatic heterocycles. The number of aryl methyl sites for hydroxylation is 2. The number of hydrogen-bond donors (Lipinski definition) is 1. The third-order valence-corrected chi connectivity index (χ3v) is 3.58. The molecule has 1 N–H and O–H groups in total. The third-order valence-electron chi connectivity index (χ3n) is 3.58. The van der Waals surface area contributed by atoms with Gasteiger partial charge in [0.05, 0.1) is 5.52 Å². The predicted octanol–water partition coefficient (Wildman–Crippen LogP) is 3.23. The molecule has 0 radical (unpaired) electrons. The third kappa shape index (κ3) is 2.41. The van der Waals surface area contributed by atoms with E-state index in [9.17, 15) is 9.90 Å². The molecule has 0 saturated heterocycles. The minimum atomic E-state index is -1.04. The maximum Gasteiger partial charge on any atom is 0.356 e. The highest BCUT2D eigenvalue weighted by atomic mass is 16.5. The van der Waals surface area contributed by atoms with Gasteiger partial charge in [0.15, 0.2) is 11.5 Å². The van der Waals surface area contributed by atoms with Gasteiger partial charge >= 0.3 is 5.97 Å². The van der Waals surface area contributed by atoms with Crippen molar-refractivity contribution in [3.8, 4) is 5.75 Å². The Bertz CT molecular complexity index is 852. The van der Waals surface area contributed by atoms with Gasteiger partial charge in [-0.3, -0.25) is 4.40 Å². The lowest BCUT2D eigenvalue weighted by Crippen LogP contribution is -2.04. The number of aromatic nitrogens is 2. The number of hydrogen-bond acceptors (Lipinski definition) is 3. The van der Waals surface area contributed by atoms with Crippen molar-refractivity contribution < 1.29 is 14.6 Å². The van der Waals surface area contributed by atoms with E-state index in [2.05, 4.69) is 4.98 Å². The van der Waals surface area contributed by atoms with E-state index in [1.807, 2.05) is 54.6 Å². The average molecular weight is 296 g/mol. The largest absolute Gasteiger partial charge is 0.485 e. The first-order valence-corrected chi connectivity index (χ1v) is 6.96. The van der Waals surface area contributed by atoms with Gasteiger partial charge in [-0.1, -0.05) is 24.3 Å². The van der Waals surface area contributed by atoms with E-state index in [1.54, 1.807) is 6.07 Å². The number of carbonyl (C=O) groups is 1. The van der Waals surface area contributed by atoms with Crippen LogP contribution in [0.1, 0.15) is 27.6 Å². The van der Waals surface area contributed by atoms with Crippen LogP contribution in [0.2, 0.25) is 0 Å². The fourth-order valence-electron chi connectivity index (χ4n) is 2.50. The minimum Gasteiger partial charge on any atom is -0.485 e. The van der Waals surface area contributed by atoms with Gasteiger partial charge in [0.2, 0.25) is 0 Å². The molecular formula is C17H16N2O3. The Morgan fingerprint density at radius 1 is 1.18 bits per heavy atom. The summed E-state index contributed by atoms with van der Waals surface area (Å²) in [4.78, 5) is 15.6. The van der Waals surface area contributed by atoms with Crippen LogP contribution in [0, 0.1) is 13.8 Å². The molecule has 0 bridgehead atoms. The molecule has 2 aromatic heterocycles. The number of rotatable bonds is 4. The molecule has 0 fully saturated rings. The predicted molar refractivity (Wildman–Crippen MR) is 82.4 cm³/mol. The molecule has 3 rings (SSSR count). The van der Waals surface area contributed by atoms with Crippen molar-refractivity contribution >= 4 is 11.5 Å². The van der Waals surface area contributed by atoms with E-state index in [0.29, 0.717) is 11.3 Å². The van der Waals surface area contributed by atoms with E-state index in [4.69, 9.17) is 4.74 Å². The van der Waals surface area contributed by atoms with E-state index in [0.717, 1.165) is 17.0 Å². The van der Waals surface area contributed by atoms with Crippen LogP contribution in [0.4, 0.5) is 0 Å². The first-order chi connectivity index (χ1) is 10.6. The molecule has 0 amide bonds. The molecule has 0 atom stereocenters. The number of nitrogens with zero attached hydrogens (tertiary/aromatic N) is 2. The van der Waals surface area contributed by atoms with Crippen LogP contribution in [0.25, 0.3) is 5.52 Å². The summed E-state index contributed by atoms with van der Waals surface area (Å²) >= 11 is 0. The van der Waals surface area contributed by atoms with Gasteiger partial charge in [-0.2, -0.15) is 0 Å². The number of imidazole rings is 1. The Hall–Kier alpha value is -2.82. The van der Waals surface area contributed by atoms with Crippen molar-refractivity contribution in [2.75, 3.05) is 0 Å². The van der Waals surface area contributed by atoms with Gasteiger partial charge in [0.25, 0.3) is 0 Å². The second-order valence-electron chi connectivity index (χ2n) is 5.12. The zero-order valence-corrected chi connectivity index (χ0v) is 12.4. The molecule has 22 heavy (non-hydrogen) atoms. The van der Waals surface area contributed by atoms with Crippen LogP contribution in [-0.4, -0.2) is 20.5 Å². The molecule has 5 nitrogen and oxygen atoms in total. The van der Waals surface area contributed by atoms with Gasteiger partial charge in [0, 0.05) is 5.69 Å². The summed E-state index contributed by atoms with van der Waals surface area (Å²) in [6, 6.07) is 13.2. The number of carboxylic acids is 1. The van der Waals surface area contributed by atoms with Gasteiger partial charge in [-0.05, 0) is 37.6 Å². The Labute approximate surface area is 127 Å². The van der Waals surface area contributed by atoms with Crippen LogP contribution in [0.3, 0.4) is 0 Å². The summed E-state index contributed by atoms with van der Waals surface area (Å²) in [5.41, 5.74) is 2.57. The highest BCUT2D eigenvalue weighted by molar-refractivity contribution is 5.93. The molecule has 0 aliphatic rings. The van der Waals surface area contributed by atoms with Gasteiger partial charge in [-0.15, -0.1) is 0 Å². The van der Waals surface area contributed by atoms with Crippen molar-refractivity contribution in [2.45, 2.75) is 20.5 Å². The van der Waals surface area contributed by atoms with Gasteiger partial charge in [-0.25, -0.2) is 9.78 Å². The highest BCUT2D eigenvalue weighted by Gasteiger charge is 2.18. The summed E-state index contributed by atoms with van der Waals surface area (Å²) < 4.78 is 7.62. The molecule has 0 unspecified atom stereocenters. The molecule has 0 saturated carbocycles. The van der Waals surface area contributed by atoms with Crippen molar-refractivity contribution in [1.29, 1.82) is 0 Å². The molecule has 5 heteroatoms. The monoisotopic (exact) mass is 296 g/mol. The number of benzene rings is 1. The van der Waals surface area contributed by atoms with E-state index >= 15 is 0 Å². The number of para-hydroxylation sites is 1. The molecule has 0 aliphatic carbocycles. The smallest absolute Gasteiger partial charge is 0.356 e. The fraction of sp³-hybridized carbons (Fsp3) is 0.176. The van der Waals surface area contributed by atoms with Crippen LogP contribution in [-0.2, 0) is 6.61 Å². The lowest BCUT2D eigenvalue weighted by Gasteiger charge is -2.09. The zero-order chi connectivity index (χ0) is 15.7. The molecular weight excluding hydrogens is 280 g/mol. The molecule has 1 aromatic carbocycles. The summed E-state index contributed by atoms with van der Waals surface area (Å²) in [6.45, 7) is 4.09. The van der Waals surface area contributed by atoms with Crippen molar-refractivity contribution in [3.05, 3.63) is 65.2 Å². The Kier molecular flexibility index (Phi) is 3.55. The molecule has 2 heterocycles. The normalized spacial score (nSPS) is 10.8. The Morgan fingerprint density at radius 2 is 1.95 bits per heavy atom. The number of ether oxygens (including phenoxy) is 1. The molecule has 0 spiro atoms. The number of fused-ring (bicyclic) bond motifs is 1. The maximum absolute atomic E-state index is 11.4. The van der Waals surface area contributed by atoms with Crippen molar-refractivity contribution in [2.24, 2.45) is 0 Å². The van der Waals surface area contributed by atoms with Crippen LogP contribution in [0.5, 0.6) is 5.75 Å². The van der Waals surface area contributed by atoms with E-state index in [-0.39, 0.29) is 12.3 Å². The summed E-state index contributed by atoms with van der Waals surface area (Å²) in [5, 5.41) is 9.30. The van der Waals surface area contributed by atoms with Crippen LogP contribution >= 0.6 is 0 Å². The summed E-state index contributed by atoms with van der Waals surface area (Å²) in [6.07, 6.45) is 0. The SMILES string of the molecule is Cc1ccccc1OCc1nc(C(=O)O)c2cccc(C)n12. The second kappa shape index (κ2) is 5.52. The zero-order valence-electron chi connectivity index (χ0n) is 12.4. The summed E-state index contributed by atoms with van der Waals surface area (Å²) in [7, 11) is 0. The maximum atomic E-state index is 11.4. The topological polar surface area (TPSA) is 63.8 Å². The highest BCUT2D eigenvalue weighted by Crippen LogP contribution is 2.20. The Balaban J connectivity index is 2.00. The molecule has 3 aromatic rings. The molecule has 112 valence electrons. The van der Waals surface area contributed by atoms with Gasteiger partial charge < -0.3 is 9.84 Å². The lowest BCUT2D eigenvalue weighted by atomic mass is 10.2. The fourth-order valence-corrected chi connectivity index (χ4v) is 2.50. The average Bonchev–Trinajstić information content (AvgIpc) is 2.87. The number of aromatic carboxylic acids is 1. The Morgan fingerprint density at radius 3 is 2.68 bits per heavy atom. The van der Waals surface area contributed by atoms with Crippen LogP contribution < -0.4 is 4.74 Å². The van der Waals surface area contributed by atoms with Crippen LogP contribution in [0.15, 0.2) is 42.5 Å². The first kappa shape index (κ1) is 14.1. The number of pyridine rings is 1. The summed E-state index contributed by atoms with van der Waals surface area (Å²) in [5.74, 6) is 0.309. The quantitative estimate of drug-likeness (QED) is 0.803. The lowest BCUT2D eigenvalue weighted by molar-refractivity contribution is 0.0693. The van der Waals surface area contributed by atoms with Crippen molar-refractivity contribution in [1.82, 2.24) is 9.38 Å². The van der Waals surface area contributed by atoms with Crippen molar-refractivity contribution in [3.63, 3.8) is 0 Å². The van der Waals surface area contributed by atoms with E-state index in [1.165, 1.54) is 0 Å².